The molecule has 0 saturated carbocycles. The lowest BCUT2D eigenvalue weighted by Crippen LogP contribution is -2.13. The van der Waals surface area contributed by atoms with Gasteiger partial charge in [0.1, 0.15) is 16.8 Å². The Kier molecular flexibility index (Phi) is 5.33. The van der Waals surface area contributed by atoms with Gasteiger partial charge in [-0.25, -0.2) is 0 Å². The number of nitriles is 1. The van der Waals surface area contributed by atoms with Crippen LogP contribution in [0.15, 0.2) is 45.4 Å². The van der Waals surface area contributed by atoms with Gasteiger partial charge in [0, 0.05) is 5.56 Å². The molecule has 0 unspecified atom stereocenters. The second kappa shape index (κ2) is 7.83. The zero-order valence-electron chi connectivity index (χ0n) is 13.1. The molecule has 2 aromatic heterocycles. The molecule has 0 fully saturated rings. The lowest BCUT2D eigenvalue weighted by atomic mass is 10.2. The van der Waals surface area contributed by atoms with E-state index in [0.29, 0.717) is 21.7 Å². The minimum Gasteiger partial charge on any atom is -0.497 e. The third kappa shape index (κ3) is 4.17. The van der Waals surface area contributed by atoms with Crippen molar-refractivity contribution in [3.05, 3.63) is 41.3 Å². The van der Waals surface area contributed by atoms with Crippen molar-refractivity contribution >= 4 is 34.0 Å². The molecular formula is C16H12N4O3S2. The van der Waals surface area contributed by atoms with E-state index in [4.69, 9.17) is 14.4 Å². The van der Waals surface area contributed by atoms with Crippen LogP contribution in [0.5, 0.6) is 5.75 Å². The van der Waals surface area contributed by atoms with Gasteiger partial charge in [0.2, 0.25) is 11.8 Å². The molecule has 25 heavy (non-hydrogen) atoms. The molecule has 126 valence electrons. The normalized spacial score (nSPS) is 10.2. The maximum Gasteiger partial charge on any atom is 0.277 e. The average molecular weight is 372 g/mol. The van der Waals surface area contributed by atoms with Crippen molar-refractivity contribution in [2.45, 2.75) is 5.22 Å². The first-order valence-electron chi connectivity index (χ1n) is 7.08. The summed E-state index contributed by atoms with van der Waals surface area (Å²) in [5, 5.41) is 22.1. The second-order valence-electron chi connectivity index (χ2n) is 4.71. The minimum atomic E-state index is -0.242. The van der Waals surface area contributed by atoms with Gasteiger partial charge in [-0.3, -0.25) is 4.79 Å². The molecule has 2 heterocycles. The molecule has 1 aromatic carbocycles. The van der Waals surface area contributed by atoms with E-state index < -0.39 is 0 Å². The lowest BCUT2D eigenvalue weighted by Gasteiger charge is -2.01. The third-order valence-electron chi connectivity index (χ3n) is 3.11. The van der Waals surface area contributed by atoms with Crippen molar-refractivity contribution in [3.63, 3.8) is 0 Å². The number of nitrogens with zero attached hydrogens (tertiary/aromatic N) is 3. The van der Waals surface area contributed by atoms with E-state index in [0.717, 1.165) is 23.1 Å². The molecule has 0 radical (unpaired) electrons. The smallest absolute Gasteiger partial charge is 0.277 e. The summed E-state index contributed by atoms with van der Waals surface area (Å²) in [6.45, 7) is 0. The van der Waals surface area contributed by atoms with Crippen LogP contribution in [0.1, 0.15) is 5.56 Å². The Labute approximate surface area is 151 Å². The van der Waals surface area contributed by atoms with Crippen LogP contribution in [0.2, 0.25) is 0 Å². The summed E-state index contributed by atoms with van der Waals surface area (Å²) in [5.74, 6) is 0.969. The van der Waals surface area contributed by atoms with Crippen LogP contribution < -0.4 is 10.1 Å². The Hall–Kier alpha value is -2.83. The van der Waals surface area contributed by atoms with Crippen LogP contribution in [-0.2, 0) is 4.79 Å². The van der Waals surface area contributed by atoms with Crippen LogP contribution in [0, 0.1) is 11.3 Å². The Morgan fingerprint density at radius 2 is 2.16 bits per heavy atom. The third-order valence-corrected chi connectivity index (χ3v) is 4.76. The second-order valence-corrected chi connectivity index (χ2v) is 6.56. The van der Waals surface area contributed by atoms with Crippen molar-refractivity contribution in [2.75, 3.05) is 18.2 Å². The number of thioether (sulfide) groups is 1. The first kappa shape index (κ1) is 17.0. The topological polar surface area (TPSA) is 101 Å². The number of carbonyl (C=O) groups excluding carboxylic acids is 1. The van der Waals surface area contributed by atoms with Gasteiger partial charge in [-0.15, -0.1) is 21.5 Å². The van der Waals surface area contributed by atoms with E-state index in [1.807, 2.05) is 18.2 Å². The summed E-state index contributed by atoms with van der Waals surface area (Å²) in [7, 11) is 1.59. The fourth-order valence-corrected chi connectivity index (χ4v) is 3.22. The Balaban J connectivity index is 1.58. The first-order valence-corrected chi connectivity index (χ1v) is 8.94. The van der Waals surface area contributed by atoms with Crippen LogP contribution in [0.4, 0.5) is 5.00 Å². The average Bonchev–Trinajstić information content (AvgIpc) is 3.29. The van der Waals surface area contributed by atoms with Gasteiger partial charge in [0.15, 0.2) is 0 Å². The molecule has 3 rings (SSSR count). The number of anilines is 1. The van der Waals surface area contributed by atoms with Gasteiger partial charge in [-0.05, 0) is 35.7 Å². The van der Waals surface area contributed by atoms with E-state index >= 15 is 0 Å². The number of benzene rings is 1. The number of hydrogen-bond acceptors (Lipinski definition) is 8. The molecule has 0 aliphatic heterocycles. The molecule has 1 N–H and O–H groups in total. The Bertz CT molecular complexity index is 912. The summed E-state index contributed by atoms with van der Waals surface area (Å²) in [4.78, 5) is 12.0. The number of hydrogen-bond donors (Lipinski definition) is 1. The number of nitrogens with one attached hydrogen (secondary N) is 1. The monoisotopic (exact) mass is 372 g/mol. The zero-order chi connectivity index (χ0) is 17.6. The number of rotatable bonds is 6. The molecule has 9 heteroatoms. The quantitative estimate of drug-likeness (QED) is 0.662. The molecular weight excluding hydrogens is 360 g/mol. The molecule has 0 aliphatic rings. The van der Waals surface area contributed by atoms with E-state index in [2.05, 4.69) is 15.5 Å². The Morgan fingerprint density at radius 3 is 2.88 bits per heavy atom. The van der Waals surface area contributed by atoms with Crippen LogP contribution in [-0.4, -0.2) is 29.0 Å². The fourth-order valence-electron chi connectivity index (χ4n) is 1.90. The first-order chi connectivity index (χ1) is 12.2. The highest BCUT2D eigenvalue weighted by atomic mass is 32.2. The van der Waals surface area contributed by atoms with Crippen molar-refractivity contribution < 1.29 is 13.9 Å². The standard InChI is InChI=1S/C16H12N4O3S2/c1-22-12-4-2-10(3-5-12)14-19-20-16(23-14)25-9-13(21)18-15-11(8-17)6-7-24-15/h2-7H,9H2,1H3,(H,18,21). The summed E-state index contributed by atoms with van der Waals surface area (Å²) in [6, 6.07) is 10.9. The SMILES string of the molecule is COc1ccc(-c2nnc(SCC(=O)Nc3sccc3C#N)o2)cc1. The summed E-state index contributed by atoms with van der Waals surface area (Å²) in [6.07, 6.45) is 0. The molecule has 0 spiro atoms. The van der Waals surface area contributed by atoms with Gasteiger partial charge in [-0.2, -0.15) is 5.26 Å². The summed E-state index contributed by atoms with van der Waals surface area (Å²) in [5.41, 5.74) is 1.21. The van der Waals surface area contributed by atoms with Crippen LogP contribution >= 0.6 is 23.1 Å². The fraction of sp³-hybridized carbons (Fsp3) is 0.125. The number of carbonyl (C=O) groups is 1. The molecule has 7 nitrogen and oxygen atoms in total. The zero-order valence-corrected chi connectivity index (χ0v) is 14.7. The number of thiophene rings is 1. The molecule has 0 saturated heterocycles. The predicted octanol–water partition coefficient (Wildman–Crippen LogP) is 3.41. The maximum absolute atomic E-state index is 12.0. The van der Waals surface area contributed by atoms with Crippen LogP contribution in [0.3, 0.4) is 0 Å². The molecule has 3 aromatic rings. The van der Waals surface area contributed by atoms with Crippen molar-refractivity contribution in [2.24, 2.45) is 0 Å². The number of ether oxygens (including phenoxy) is 1. The lowest BCUT2D eigenvalue weighted by molar-refractivity contribution is -0.113. The predicted molar refractivity (Wildman–Crippen MR) is 94.7 cm³/mol. The van der Waals surface area contributed by atoms with Crippen molar-refractivity contribution in [3.8, 4) is 23.3 Å². The summed E-state index contributed by atoms with van der Waals surface area (Å²) < 4.78 is 10.6. The van der Waals surface area contributed by atoms with E-state index in [-0.39, 0.29) is 11.7 Å². The Morgan fingerprint density at radius 1 is 1.36 bits per heavy atom. The van der Waals surface area contributed by atoms with Crippen molar-refractivity contribution in [1.82, 2.24) is 10.2 Å². The van der Waals surface area contributed by atoms with Crippen molar-refractivity contribution in [1.29, 1.82) is 5.26 Å². The highest BCUT2D eigenvalue weighted by Crippen LogP contribution is 2.26. The highest BCUT2D eigenvalue weighted by molar-refractivity contribution is 7.99. The van der Waals surface area contributed by atoms with Gasteiger partial charge in [-0.1, -0.05) is 11.8 Å². The van der Waals surface area contributed by atoms with E-state index in [9.17, 15) is 4.79 Å². The van der Waals surface area contributed by atoms with Crippen LogP contribution in [0.25, 0.3) is 11.5 Å². The van der Waals surface area contributed by atoms with Gasteiger partial charge in [0.05, 0.1) is 18.4 Å². The molecule has 0 aliphatic carbocycles. The van der Waals surface area contributed by atoms with Gasteiger partial charge >= 0.3 is 0 Å². The number of amides is 1. The largest absolute Gasteiger partial charge is 0.497 e. The number of aromatic nitrogens is 2. The van der Waals surface area contributed by atoms with E-state index in [1.54, 1.807) is 30.7 Å². The molecule has 0 bridgehead atoms. The maximum atomic E-state index is 12.0. The van der Waals surface area contributed by atoms with E-state index in [1.165, 1.54) is 11.3 Å². The molecule has 0 atom stereocenters. The highest BCUT2D eigenvalue weighted by Gasteiger charge is 2.13. The summed E-state index contributed by atoms with van der Waals surface area (Å²) >= 11 is 2.43. The van der Waals surface area contributed by atoms with Gasteiger partial charge < -0.3 is 14.5 Å². The molecule has 1 amide bonds. The number of methoxy groups -OCH3 is 1. The van der Waals surface area contributed by atoms with Gasteiger partial charge in [0.25, 0.3) is 5.22 Å². The minimum absolute atomic E-state index is 0.104.